The highest BCUT2D eigenvalue weighted by Crippen LogP contribution is 2.37. The normalized spacial score (nSPS) is 11.3. The van der Waals surface area contributed by atoms with E-state index in [1.165, 1.54) is 0 Å². The Labute approximate surface area is 197 Å². The van der Waals surface area contributed by atoms with E-state index in [0.717, 1.165) is 44.6 Å². The monoisotopic (exact) mass is 450 g/mol. The number of aryl methyl sites for hydroxylation is 1. The molecule has 2 heterocycles. The van der Waals surface area contributed by atoms with Gasteiger partial charge in [-0.2, -0.15) is 0 Å². The molecule has 2 aromatic heterocycles. The highest BCUT2D eigenvalue weighted by molar-refractivity contribution is 6.10. The third-order valence-electron chi connectivity index (χ3n) is 5.83. The van der Waals surface area contributed by atoms with Gasteiger partial charge in [0.05, 0.1) is 5.69 Å². The molecule has 7 heteroatoms. The minimum absolute atomic E-state index is 0.209. The summed E-state index contributed by atoms with van der Waals surface area (Å²) in [5, 5.41) is 7.77. The van der Waals surface area contributed by atoms with Crippen molar-refractivity contribution in [1.29, 1.82) is 0 Å². The predicted octanol–water partition coefficient (Wildman–Crippen LogP) is 6.21. The molecule has 5 rings (SSSR count). The second kappa shape index (κ2) is 8.51. The van der Waals surface area contributed by atoms with Crippen molar-refractivity contribution >= 4 is 39.5 Å². The zero-order valence-electron chi connectivity index (χ0n) is 19.3. The summed E-state index contributed by atoms with van der Waals surface area (Å²) in [4.78, 5) is 22.0. The van der Waals surface area contributed by atoms with Gasteiger partial charge in [-0.15, -0.1) is 0 Å². The van der Waals surface area contributed by atoms with Crippen LogP contribution in [0.25, 0.3) is 27.5 Å². The summed E-state index contributed by atoms with van der Waals surface area (Å²) in [5.41, 5.74) is 11.3. The first-order valence-corrected chi connectivity index (χ1v) is 11.2. The number of carbonyl (C=O) groups excluding carboxylic acids is 1. The number of aromatic nitrogens is 3. The van der Waals surface area contributed by atoms with Crippen LogP contribution in [0, 0.1) is 6.92 Å². The first-order valence-electron chi connectivity index (χ1n) is 11.2. The van der Waals surface area contributed by atoms with E-state index in [0.29, 0.717) is 11.5 Å². The third-order valence-corrected chi connectivity index (χ3v) is 5.83. The van der Waals surface area contributed by atoms with E-state index in [1.54, 1.807) is 6.20 Å². The van der Waals surface area contributed by atoms with Gasteiger partial charge in [-0.1, -0.05) is 56.3 Å². The molecule has 0 atom stereocenters. The molecule has 0 saturated heterocycles. The number of nitrogen functional groups attached to an aromatic ring is 1. The molecule has 0 aliphatic rings. The maximum atomic E-state index is 12.7. The van der Waals surface area contributed by atoms with Crippen LogP contribution in [-0.4, -0.2) is 20.4 Å². The molecular weight excluding hydrogens is 424 g/mol. The van der Waals surface area contributed by atoms with Crippen molar-refractivity contribution in [3.63, 3.8) is 0 Å². The Morgan fingerprint density at radius 2 is 1.79 bits per heavy atom. The second-order valence-electron chi connectivity index (χ2n) is 8.66. The number of anilines is 3. The number of nitrogens with one attached hydrogen (secondary N) is 2. The summed E-state index contributed by atoms with van der Waals surface area (Å²) in [5.74, 6) is 1.56. The van der Waals surface area contributed by atoms with Gasteiger partial charge < -0.3 is 16.4 Å². The highest BCUT2D eigenvalue weighted by Gasteiger charge is 2.20. The fourth-order valence-corrected chi connectivity index (χ4v) is 4.30. The molecule has 0 bridgehead atoms. The minimum atomic E-state index is -0.300. The Kier molecular flexibility index (Phi) is 5.37. The maximum Gasteiger partial charge on any atom is 0.323 e. The van der Waals surface area contributed by atoms with Gasteiger partial charge in [-0.25, -0.2) is 14.8 Å². The van der Waals surface area contributed by atoms with Gasteiger partial charge in [-0.05, 0) is 36.1 Å². The molecule has 7 nitrogen and oxygen atoms in total. The standard InChI is InChI=1S/C27H26N6O/c1-16(2)26-32-23(24-25(28)29-13-14-33(24)26)21-11-12-22(20-10-5-4-9-19(20)21)31-27(34)30-18-8-6-7-17(3)15-18/h4-16H,1-3H3,(H2,28,29)(H2,30,31,34). The van der Waals surface area contributed by atoms with Crippen LogP contribution in [0.5, 0.6) is 0 Å². The number of hydrogen-bond donors (Lipinski definition) is 3. The van der Waals surface area contributed by atoms with Crippen molar-refractivity contribution in [2.24, 2.45) is 0 Å². The number of benzene rings is 3. The largest absolute Gasteiger partial charge is 0.382 e. The molecule has 170 valence electrons. The lowest BCUT2D eigenvalue weighted by atomic mass is 10.00. The van der Waals surface area contributed by atoms with Crippen LogP contribution in [0.4, 0.5) is 22.0 Å². The maximum absolute atomic E-state index is 12.7. The highest BCUT2D eigenvalue weighted by atomic mass is 16.2. The van der Waals surface area contributed by atoms with Gasteiger partial charge in [0.25, 0.3) is 0 Å². The van der Waals surface area contributed by atoms with E-state index in [-0.39, 0.29) is 11.9 Å². The van der Waals surface area contributed by atoms with Gasteiger partial charge >= 0.3 is 6.03 Å². The SMILES string of the molecule is Cc1cccc(NC(=O)Nc2ccc(-c3nc(C(C)C)n4ccnc(N)c34)c3ccccc23)c1. The molecule has 2 amide bonds. The van der Waals surface area contributed by atoms with E-state index in [2.05, 4.69) is 29.5 Å². The first-order chi connectivity index (χ1) is 16.4. The van der Waals surface area contributed by atoms with Gasteiger partial charge in [-0.3, -0.25) is 4.40 Å². The van der Waals surface area contributed by atoms with E-state index in [9.17, 15) is 4.79 Å². The Morgan fingerprint density at radius 1 is 1.00 bits per heavy atom. The molecule has 0 saturated carbocycles. The molecule has 0 aliphatic heterocycles. The summed E-state index contributed by atoms with van der Waals surface area (Å²) in [6.07, 6.45) is 3.59. The first kappa shape index (κ1) is 21.5. The molecule has 0 radical (unpaired) electrons. The van der Waals surface area contributed by atoms with Crippen molar-refractivity contribution in [2.45, 2.75) is 26.7 Å². The van der Waals surface area contributed by atoms with Crippen molar-refractivity contribution < 1.29 is 4.79 Å². The fourth-order valence-electron chi connectivity index (χ4n) is 4.30. The number of carbonyl (C=O) groups is 1. The molecule has 5 aromatic rings. The summed E-state index contributed by atoms with van der Waals surface area (Å²) >= 11 is 0. The van der Waals surface area contributed by atoms with E-state index >= 15 is 0 Å². The smallest absolute Gasteiger partial charge is 0.323 e. The molecule has 34 heavy (non-hydrogen) atoms. The molecule has 0 unspecified atom stereocenters. The van der Waals surface area contributed by atoms with Crippen LogP contribution in [0.15, 0.2) is 73.1 Å². The van der Waals surface area contributed by atoms with Crippen LogP contribution in [0.1, 0.15) is 31.2 Å². The zero-order valence-corrected chi connectivity index (χ0v) is 19.3. The Morgan fingerprint density at radius 3 is 2.56 bits per heavy atom. The van der Waals surface area contributed by atoms with Gasteiger partial charge in [0.15, 0.2) is 0 Å². The quantitative estimate of drug-likeness (QED) is 0.303. The molecule has 0 aliphatic carbocycles. The van der Waals surface area contributed by atoms with Crippen molar-refractivity contribution in [3.8, 4) is 11.3 Å². The Hall–Kier alpha value is -4.39. The average molecular weight is 451 g/mol. The van der Waals surface area contributed by atoms with Gasteiger partial charge in [0.2, 0.25) is 0 Å². The zero-order chi connectivity index (χ0) is 23.8. The number of nitrogens with two attached hydrogens (primary N) is 1. The number of urea groups is 1. The Balaban J connectivity index is 1.59. The fraction of sp³-hybridized carbons (Fsp3) is 0.148. The van der Waals surface area contributed by atoms with Crippen molar-refractivity contribution in [3.05, 3.63) is 84.4 Å². The summed E-state index contributed by atoms with van der Waals surface area (Å²) in [6, 6.07) is 19.2. The number of nitrogens with zero attached hydrogens (tertiary/aromatic N) is 3. The topological polar surface area (TPSA) is 97.3 Å². The summed E-state index contributed by atoms with van der Waals surface area (Å²) in [7, 11) is 0. The lowest BCUT2D eigenvalue weighted by molar-refractivity contribution is 0.262. The van der Waals surface area contributed by atoms with Gasteiger partial charge in [0.1, 0.15) is 22.9 Å². The second-order valence-corrected chi connectivity index (χ2v) is 8.66. The lowest BCUT2D eigenvalue weighted by Gasteiger charge is -2.13. The van der Waals surface area contributed by atoms with Crippen LogP contribution >= 0.6 is 0 Å². The van der Waals surface area contributed by atoms with E-state index < -0.39 is 0 Å². The van der Waals surface area contributed by atoms with E-state index in [4.69, 9.17) is 10.7 Å². The van der Waals surface area contributed by atoms with Crippen LogP contribution in [0.2, 0.25) is 0 Å². The summed E-state index contributed by atoms with van der Waals surface area (Å²) in [6.45, 7) is 6.20. The van der Waals surface area contributed by atoms with Crippen LogP contribution in [0.3, 0.4) is 0 Å². The number of amides is 2. The van der Waals surface area contributed by atoms with Crippen LogP contribution in [-0.2, 0) is 0 Å². The average Bonchev–Trinajstić information content (AvgIpc) is 3.20. The van der Waals surface area contributed by atoms with Crippen molar-refractivity contribution in [2.75, 3.05) is 16.4 Å². The number of fused-ring (bicyclic) bond motifs is 2. The van der Waals surface area contributed by atoms with Crippen LogP contribution < -0.4 is 16.4 Å². The van der Waals surface area contributed by atoms with Crippen molar-refractivity contribution in [1.82, 2.24) is 14.4 Å². The molecule has 4 N–H and O–H groups in total. The van der Waals surface area contributed by atoms with Gasteiger partial charge in [0, 0.05) is 34.9 Å². The number of imidazole rings is 1. The summed E-state index contributed by atoms with van der Waals surface area (Å²) < 4.78 is 2.01. The predicted molar refractivity (Wildman–Crippen MR) is 138 cm³/mol. The number of rotatable bonds is 4. The molecule has 0 fully saturated rings. The minimum Gasteiger partial charge on any atom is -0.382 e. The molecular formula is C27H26N6O. The third kappa shape index (κ3) is 3.81. The molecule has 3 aromatic carbocycles. The molecule has 0 spiro atoms. The number of hydrogen-bond acceptors (Lipinski definition) is 4. The van der Waals surface area contributed by atoms with E-state index in [1.807, 2.05) is 78.2 Å². The Bertz CT molecular complexity index is 1540. The lowest BCUT2D eigenvalue weighted by Crippen LogP contribution is -2.19.